The van der Waals surface area contributed by atoms with Gasteiger partial charge in [-0.15, -0.1) is 0 Å². The quantitative estimate of drug-likeness (QED) is 0.518. The van der Waals surface area contributed by atoms with Crippen molar-refractivity contribution < 1.29 is 9.52 Å². The van der Waals surface area contributed by atoms with Gasteiger partial charge >= 0.3 is 5.63 Å². The van der Waals surface area contributed by atoms with Crippen LogP contribution in [0.25, 0.3) is 22.5 Å². The Morgan fingerprint density at radius 2 is 1.62 bits per heavy atom. The number of phenolic OH excluding ortho intramolecular Hbond substituents is 1. The molecule has 1 heterocycles. The lowest BCUT2D eigenvalue weighted by molar-refractivity contribution is 0.475. The first-order valence-corrected chi connectivity index (χ1v) is 9.02. The molecule has 0 radical (unpaired) electrons. The van der Waals surface area contributed by atoms with E-state index >= 15 is 0 Å². The van der Waals surface area contributed by atoms with Crippen LogP contribution < -0.4 is 5.63 Å². The molecule has 1 aliphatic heterocycles. The van der Waals surface area contributed by atoms with Gasteiger partial charge in [0.15, 0.2) is 0 Å². The van der Waals surface area contributed by atoms with E-state index in [1.807, 2.05) is 67.6 Å². The third-order valence-corrected chi connectivity index (χ3v) is 5.15. The number of hydrogen-bond acceptors (Lipinski definition) is 4. The second-order valence-electron chi connectivity index (χ2n) is 6.08. The van der Waals surface area contributed by atoms with Crippen molar-refractivity contribution in [3.8, 4) is 28.2 Å². The van der Waals surface area contributed by atoms with Crippen LogP contribution in [0.5, 0.6) is 5.75 Å². The topological polar surface area (TPSA) is 50.4 Å². The second-order valence-corrected chi connectivity index (χ2v) is 7.22. The highest BCUT2D eigenvalue weighted by molar-refractivity contribution is 7.99. The van der Waals surface area contributed by atoms with Crippen molar-refractivity contribution >= 4 is 11.8 Å². The molecule has 2 aromatic rings. The average molecular weight is 360 g/mol. The molecule has 3 nitrogen and oxygen atoms in total. The van der Waals surface area contributed by atoms with Gasteiger partial charge < -0.3 is 9.52 Å². The van der Waals surface area contributed by atoms with E-state index < -0.39 is 0 Å². The van der Waals surface area contributed by atoms with Gasteiger partial charge in [-0.25, -0.2) is 4.79 Å². The Labute approximate surface area is 155 Å². The summed E-state index contributed by atoms with van der Waals surface area (Å²) >= 11 is 1.54. The van der Waals surface area contributed by atoms with Gasteiger partial charge in [-0.1, -0.05) is 53.7 Å². The summed E-state index contributed by atoms with van der Waals surface area (Å²) in [5.74, 6) is 0.803. The lowest BCUT2D eigenvalue weighted by atomic mass is 10.0. The molecule has 1 N–H and O–H groups in total. The van der Waals surface area contributed by atoms with Crippen LogP contribution in [0, 0.1) is 6.92 Å². The van der Waals surface area contributed by atoms with E-state index in [4.69, 9.17) is 4.42 Å². The van der Waals surface area contributed by atoms with E-state index in [0.29, 0.717) is 11.3 Å². The van der Waals surface area contributed by atoms with Crippen LogP contribution in [0.1, 0.15) is 5.56 Å². The van der Waals surface area contributed by atoms with Crippen LogP contribution in [-0.4, -0.2) is 5.11 Å². The van der Waals surface area contributed by atoms with Gasteiger partial charge in [0, 0.05) is 15.4 Å². The minimum atomic E-state index is -0.323. The Bertz CT molecular complexity index is 1080. The molecule has 0 saturated heterocycles. The molecule has 26 heavy (non-hydrogen) atoms. The molecule has 128 valence electrons. The maximum atomic E-state index is 12.4. The Morgan fingerprint density at radius 1 is 0.885 bits per heavy atom. The molecule has 0 spiro atoms. The van der Waals surface area contributed by atoms with Gasteiger partial charge in [0.2, 0.25) is 0 Å². The zero-order chi connectivity index (χ0) is 18.1. The van der Waals surface area contributed by atoms with Crippen LogP contribution in [0.15, 0.2) is 91.8 Å². The summed E-state index contributed by atoms with van der Waals surface area (Å²) in [5, 5.41) is 9.40. The van der Waals surface area contributed by atoms with Crippen molar-refractivity contribution in [2.45, 2.75) is 16.7 Å². The SMILES string of the molecule is Cc1ccc(-c2c3cccc(Sc4ccc(O)cc4)cc-3oc2=O)cc1. The van der Waals surface area contributed by atoms with Gasteiger partial charge in [-0.2, -0.15) is 0 Å². The molecule has 4 rings (SSSR count). The van der Waals surface area contributed by atoms with E-state index in [1.165, 1.54) is 0 Å². The summed E-state index contributed by atoms with van der Waals surface area (Å²) in [7, 11) is 0. The molecule has 4 heteroatoms. The fraction of sp³-hybridized carbons (Fsp3) is 0.0455. The first kappa shape index (κ1) is 16.5. The largest absolute Gasteiger partial charge is 0.508 e. The standard InChI is InChI=1S/C22H16O3S/c1-14-5-7-15(8-6-14)21-19-4-2-3-18(13-20(19)25-22(21)24)26-17-11-9-16(23)10-12-17/h2-13,23H,1H3. The maximum absolute atomic E-state index is 12.4. The highest BCUT2D eigenvalue weighted by Crippen LogP contribution is 2.35. The van der Waals surface area contributed by atoms with Gasteiger partial charge in [0.1, 0.15) is 11.5 Å². The fourth-order valence-corrected chi connectivity index (χ4v) is 3.69. The van der Waals surface area contributed by atoms with Crippen molar-refractivity contribution in [2.24, 2.45) is 0 Å². The van der Waals surface area contributed by atoms with E-state index in [1.54, 1.807) is 23.9 Å². The van der Waals surface area contributed by atoms with Crippen molar-refractivity contribution in [3.63, 3.8) is 0 Å². The van der Waals surface area contributed by atoms with Crippen LogP contribution >= 0.6 is 11.8 Å². The fourth-order valence-electron chi connectivity index (χ4n) is 2.84. The number of fused-ring (bicyclic) bond motifs is 1. The predicted octanol–water partition coefficient (Wildman–Crippen LogP) is 5.58. The van der Waals surface area contributed by atoms with E-state index in [-0.39, 0.29) is 11.4 Å². The monoisotopic (exact) mass is 360 g/mol. The summed E-state index contributed by atoms with van der Waals surface area (Å²) in [4.78, 5) is 14.4. The number of hydrogen-bond donors (Lipinski definition) is 1. The summed E-state index contributed by atoms with van der Waals surface area (Å²) in [6.07, 6.45) is 0. The van der Waals surface area contributed by atoms with Gasteiger partial charge in [-0.05, 0) is 48.9 Å². The summed E-state index contributed by atoms with van der Waals surface area (Å²) in [5.41, 5.74) is 3.08. The van der Waals surface area contributed by atoms with Crippen molar-refractivity contribution in [1.82, 2.24) is 0 Å². The van der Waals surface area contributed by atoms with Gasteiger partial charge in [0.25, 0.3) is 0 Å². The van der Waals surface area contributed by atoms with Crippen LogP contribution in [0.2, 0.25) is 0 Å². The highest BCUT2D eigenvalue weighted by atomic mass is 32.2. The van der Waals surface area contributed by atoms with Crippen LogP contribution in [-0.2, 0) is 0 Å². The Kier molecular flexibility index (Phi) is 4.27. The number of rotatable bonds is 3. The van der Waals surface area contributed by atoms with Gasteiger partial charge in [-0.3, -0.25) is 0 Å². The zero-order valence-electron chi connectivity index (χ0n) is 14.1. The highest BCUT2D eigenvalue weighted by Gasteiger charge is 2.18. The Morgan fingerprint density at radius 3 is 2.35 bits per heavy atom. The third-order valence-electron chi connectivity index (χ3n) is 4.15. The van der Waals surface area contributed by atoms with Crippen LogP contribution in [0.3, 0.4) is 0 Å². The summed E-state index contributed by atoms with van der Waals surface area (Å²) in [6.45, 7) is 2.02. The molecular formula is C22H16O3S. The maximum Gasteiger partial charge on any atom is 0.344 e. The molecule has 0 unspecified atom stereocenters. The second kappa shape index (κ2) is 6.73. The average Bonchev–Trinajstić information content (AvgIpc) is 2.80. The number of furan rings is 1. The minimum absolute atomic E-state index is 0.236. The molecule has 0 saturated carbocycles. The molecular weight excluding hydrogens is 344 g/mol. The van der Waals surface area contributed by atoms with E-state index in [0.717, 1.165) is 26.5 Å². The first-order valence-electron chi connectivity index (χ1n) is 8.21. The zero-order valence-corrected chi connectivity index (χ0v) is 14.9. The van der Waals surface area contributed by atoms with Crippen molar-refractivity contribution in [3.05, 3.63) is 88.8 Å². The van der Waals surface area contributed by atoms with Gasteiger partial charge in [0.05, 0.1) is 5.56 Å². The minimum Gasteiger partial charge on any atom is -0.508 e. The van der Waals surface area contributed by atoms with Crippen molar-refractivity contribution in [2.75, 3.05) is 0 Å². The molecule has 0 atom stereocenters. The van der Waals surface area contributed by atoms with Crippen LogP contribution in [0.4, 0.5) is 0 Å². The third kappa shape index (κ3) is 3.24. The number of aryl methyl sites for hydroxylation is 1. The molecule has 0 fully saturated rings. The lowest BCUT2D eigenvalue weighted by Crippen LogP contribution is -1.95. The molecule has 0 amide bonds. The molecule has 1 aliphatic carbocycles. The predicted molar refractivity (Wildman–Crippen MR) is 104 cm³/mol. The number of benzene rings is 2. The Balaban J connectivity index is 1.74. The van der Waals surface area contributed by atoms with E-state index in [2.05, 4.69) is 0 Å². The van der Waals surface area contributed by atoms with Crippen molar-refractivity contribution in [1.29, 1.82) is 0 Å². The first-order chi connectivity index (χ1) is 12.6. The van der Waals surface area contributed by atoms with E-state index in [9.17, 15) is 9.90 Å². The molecule has 2 aliphatic rings. The Hall–Kier alpha value is -2.98. The smallest absolute Gasteiger partial charge is 0.344 e. The lowest BCUT2D eigenvalue weighted by Gasteiger charge is -2.00. The number of phenols is 1. The molecule has 2 aromatic carbocycles. The number of aromatic hydroxyl groups is 1. The molecule has 0 aromatic heterocycles. The summed E-state index contributed by atoms with van der Waals surface area (Å²) < 4.78 is 5.53. The normalized spacial score (nSPS) is 11.0. The molecule has 0 bridgehead atoms. The summed E-state index contributed by atoms with van der Waals surface area (Å²) in [6, 6.07) is 22.6.